The number of hydrogen-bond donors (Lipinski definition) is 1. The number of aryl methyl sites for hydroxylation is 1. The molecule has 25 heavy (non-hydrogen) atoms. The normalized spacial score (nSPS) is 10.8. The molecule has 0 spiro atoms. The predicted molar refractivity (Wildman–Crippen MR) is 98.6 cm³/mol. The van der Waals surface area contributed by atoms with Gasteiger partial charge in [-0.1, -0.05) is 66.7 Å². The number of aromatic nitrogens is 3. The quantitative estimate of drug-likeness (QED) is 0.597. The van der Waals surface area contributed by atoms with E-state index in [-0.39, 0.29) is 5.75 Å². The lowest BCUT2D eigenvalue weighted by Crippen LogP contribution is -2.00. The molecule has 4 rings (SSSR count). The maximum Gasteiger partial charge on any atom is 0.168 e. The van der Waals surface area contributed by atoms with Crippen LogP contribution in [0.15, 0.2) is 78.9 Å². The second-order valence-electron chi connectivity index (χ2n) is 5.84. The van der Waals surface area contributed by atoms with Crippen molar-refractivity contribution in [2.45, 2.75) is 6.92 Å². The van der Waals surface area contributed by atoms with E-state index < -0.39 is 0 Å². The van der Waals surface area contributed by atoms with Crippen molar-refractivity contribution in [1.29, 1.82) is 0 Å². The van der Waals surface area contributed by atoms with E-state index in [1.165, 1.54) is 5.56 Å². The lowest BCUT2D eigenvalue weighted by molar-refractivity contribution is 0.472. The van der Waals surface area contributed by atoms with Crippen molar-refractivity contribution in [3.8, 4) is 34.0 Å². The first-order valence-electron chi connectivity index (χ1n) is 8.10. The minimum absolute atomic E-state index is 0.201. The lowest BCUT2D eigenvalue weighted by Gasteiger charge is -2.11. The summed E-state index contributed by atoms with van der Waals surface area (Å²) in [7, 11) is 0. The number of rotatable bonds is 3. The Labute approximate surface area is 146 Å². The van der Waals surface area contributed by atoms with E-state index in [2.05, 4.69) is 34.5 Å². The van der Waals surface area contributed by atoms with Gasteiger partial charge in [-0.2, -0.15) is 0 Å². The molecule has 0 aliphatic rings. The van der Waals surface area contributed by atoms with E-state index in [1.807, 2.05) is 54.0 Å². The van der Waals surface area contributed by atoms with Crippen LogP contribution in [0.3, 0.4) is 0 Å². The van der Waals surface area contributed by atoms with Gasteiger partial charge in [-0.05, 0) is 30.2 Å². The summed E-state index contributed by atoms with van der Waals surface area (Å²) in [4.78, 5) is 0. The van der Waals surface area contributed by atoms with E-state index >= 15 is 0 Å². The van der Waals surface area contributed by atoms with Crippen LogP contribution >= 0.6 is 0 Å². The maximum absolute atomic E-state index is 10.2. The van der Waals surface area contributed by atoms with E-state index in [0.717, 1.165) is 17.0 Å². The molecule has 0 saturated heterocycles. The van der Waals surface area contributed by atoms with Gasteiger partial charge >= 0.3 is 0 Å². The van der Waals surface area contributed by atoms with Crippen molar-refractivity contribution < 1.29 is 5.11 Å². The van der Waals surface area contributed by atoms with Gasteiger partial charge in [-0.3, -0.25) is 4.57 Å². The number of nitrogens with zero attached hydrogens (tertiary/aromatic N) is 3. The van der Waals surface area contributed by atoms with Gasteiger partial charge in [0.2, 0.25) is 0 Å². The molecule has 0 atom stereocenters. The molecular weight excluding hydrogens is 310 g/mol. The Kier molecular flexibility index (Phi) is 3.78. The molecule has 0 amide bonds. The van der Waals surface area contributed by atoms with Crippen molar-refractivity contribution in [2.24, 2.45) is 0 Å². The Bertz CT molecular complexity index is 1010. The second kappa shape index (κ2) is 6.24. The minimum Gasteiger partial charge on any atom is -0.506 e. The summed E-state index contributed by atoms with van der Waals surface area (Å²) in [5, 5.41) is 18.7. The third-order valence-corrected chi connectivity index (χ3v) is 4.20. The molecule has 0 aliphatic carbocycles. The Morgan fingerprint density at radius 1 is 0.680 bits per heavy atom. The molecule has 1 aromatic heterocycles. The molecule has 0 unspecified atom stereocenters. The Morgan fingerprint density at radius 2 is 1.28 bits per heavy atom. The van der Waals surface area contributed by atoms with Crippen LogP contribution in [0, 0.1) is 6.92 Å². The van der Waals surface area contributed by atoms with Gasteiger partial charge in [-0.15, -0.1) is 10.2 Å². The second-order valence-corrected chi connectivity index (χ2v) is 5.84. The van der Waals surface area contributed by atoms with Crippen molar-refractivity contribution in [1.82, 2.24) is 14.8 Å². The first-order chi connectivity index (χ1) is 12.2. The van der Waals surface area contributed by atoms with Gasteiger partial charge in [0.1, 0.15) is 11.6 Å². The third-order valence-electron chi connectivity index (χ3n) is 4.20. The molecule has 4 heteroatoms. The first kappa shape index (κ1) is 15.1. The SMILES string of the molecule is Cc1nnc(-c2ccc(-c3ccccc3)cc2)n1-c1ccccc1O. The third kappa shape index (κ3) is 2.78. The van der Waals surface area contributed by atoms with Gasteiger partial charge in [0.15, 0.2) is 5.82 Å². The molecular formula is C21H17N3O. The lowest BCUT2D eigenvalue weighted by atomic mass is 10.0. The average molecular weight is 327 g/mol. The molecule has 3 aromatic carbocycles. The smallest absolute Gasteiger partial charge is 0.168 e. The zero-order chi connectivity index (χ0) is 17.2. The summed E-state index contributed by atoms with van der Waals surface area (Å²) in [6.45, 7) is 1.88. The Balaban J connectivity index is 1.78. The van der Waals surface area contributed by atoms with Crippen molar-refractivity contribution in [2.75, 3.05) is 0 Å². The fourth-order valence-electron chi connectivity index (χ4n) is 2.93. The van der Waals surface area contributed by atoms with Gasteiger partial charge in [0.05, 0.1) is 5.69 Å². The van der Waals surface area contributed by atoms with Crippen LogP contribution in [-0.4, -0.2) is 19.9 Å². The highest BCUT2D eigenvalue weighted by Crippen LogP contribution is 2.29. The number of phenolic OH excluding ortho intramolecular Hbond substituents is 1. The molecule has 0 bridgehead atoms. The van der Waals surface area contributed by atoms with Crippen LogP contribution in [-0.2, 0) is 0 Å². The van der Waals surface area contributed by atoms with Crippen LogP contribution in [0.1, 0.15) is 5.82 Å². The zero-order valence-corrected chi connectivity index (χ0v) is 13.8. The molecule has 0 radical (unpaired) electrons. The molecule has 0 saturated carbocycles. The molecule has 0 fully saturated rings. The summed E-state index contributed by atoms with van der Waals surface area (Å²) in [6, 6.07) is 25.7. The fourth-order valence-corrected chi connectivity index (χ4v) is 2.93. The van der Waals surface area contributed by atoms with Gasteiger partial charge in [0, 0.05) is 5.56 Å². The fraction of sp³-hybridized carbons (Fsp3) is 0.0476. The molecule has 0 aliphatic heterocycles. The summed E-state index contributed by atoms with van der Waals surface area (Å²) < 4.78 is 1.87. The average Bonchev–Trinajstić information content (AvgIpc) is 3.04. The van der Waals surface area contributed by atoms with E-state index in [1.54, 1.807) is 12.1 Å². The van der Waals surface area contributed by atoms with Crippen molar-refractivity contribution >= 4 is 0 Å². The first-order valence-corrected chi connectivity index (χ1v) is 8.10. The molecule has 4 nitrogen and oxygen atoms in total. The van der Waals surface area contributed by atoms with Crippen LogP contribution in [0.2, 0.25) is 0 Å². The topological polar surface area (TPSA) is 50.9 Å². The van der Waals surface area contributed by atoms with Gasteiger partial charge in [-0.25, -0.2) is 0 Å². The largest absolute Gasteiger partial charge is 0.506 e. The number of benzene rings is 3. The Morgan fingerprint density at radius 3 is 2.00 bits per heavy atom. The number of para-hydroxylation sites is 2. The molecule has 122 valence electrons. The van der Waals surface area contributed by atoms with E-state index in [9.17, 15) is 5.11 Å². The standard InChI is InChI=1S/C21H17N3O/c1-15-22-23-21(24(15)19-9-5-6-10-20(19)25)18-13-11-17(12-14-18)16-7-3-2-4-8-16/h2-14,25H,1H3. The van der Waals surface area contributed by atoms with Gasteiger partial charge < -0.3 is 5.11 Å². The van der Waals surface area contributed by atoms with Crippen molar-refractivity contribution in [3.63, 3.8) is 0 Å². The van der Waals surface area contributed by atoms with E-state index in [4.69, 9.17) is 0 Å². The summed E-state index contributed by atoms with van der Waals surface area (Å²) >= 11 is 0. The van der Waals surface area contributed by atoms with Crippen LogP contribution < -0.4 is 0 Å². The van der Waals surface area contributed by atoms with Crippen molar-refractivity contribution in [3.05, 3.63) is 84.7 Å². The highest BCUT2D eigenvalue weighted by atomic mass is 16.3. The predicted octanol–water partition coefficient (Wildman–Crippen LogP) is 4.62. The maximum atomic E-state index is 10.2. The van der Waals surface area contributed by atoms with Crippen LogP contribution in [0.5, 0.6) is 5.75 Å². The van der Waals surface area contributed by atoms with E-state index in [0.29, 0.717) is 11.5 Å². The Hall–Kier alpha value is -3.40. The summed E-state index contributed by atoms with van der Waals surface area (Å²) in [6.07, 6.45) is 0. The number of hydrogen-bond acceptors (Lipinski definition) is 3. The molecule has 1 heterocycles. The van der Waals surface area contributed by atoms with Gasteiger partial charge in [0.25, 0.3) is 0 Å². The number of phenols is 1. The monoisotopic (exact) mass is 327 g/mol. The van der Waals surface area contributed by atoms with Crippen LogP contribution in [0.25, 0.3) is 28.2 Å². The number of aromatic hydroxyl groups is 1. The highest BCUT2D eigenvalue weighted by Gasteiger charge is 2.15. The minimum atomic E-state index is 0.201. The van der Waals surface area contributed by atoms with Crippen LogP contribution in [0.4, 0.5) is 0 Å². The zero-order valence-electron chi connectivity index (χ0n) is 13.8. The summed E-state index contributed by atoms with van der Waals surface area (Å²) in [5.41, 5.74) is 3.94. The summed E-state index contributed by atoms with van der Waals surface area (Å²) in [5.74, 6) is 1.63. The highest BCUT2D eigenvalue weighted by molar-refractivity contribution is 5.68. The molecule has 4 aromatic rings. The molecule has 1 N–H and O–H groups in total.